The molecule has 2 amide bonds. The van der Waals surface area contributed by atoms with Gasteiger partial charge in [0.1, 0.15) is 5.75 Å². The van der Waals surface area contributed by atoms with Crippen molar-refractivity contribution in [2.24, 2.45) is 0 Å². The van der Waals surface area contributed by atoms with Crippen LogP contribution in [0.4, 0.5) is 0 Å². The molecule has 0 saturated carbocycles. The highest BCUT2D eigenvalue weighted by atomic mass is 16.5. The van der Waals surface area contributed by atoms with Crippen molar-refractivity contribution in [2.45, 2.75) is 52.0 Å². The molecule has 0 aromatic heterocycles. The van der Waals surface area contributed by atoms with Crippen LogP contribution in [0.5, 0.6) is 5.75 Å². The Bertz CT molecular complexity index is 680. The predicted octanol–water partition coefficient (Wildman–Crippen LogP) is 2.70. The van der Waals surface area contributed by atoms with Crippen molar-refractivity contribution in [1.29, 1.82) is 0 Å². The highest BCUT2D eigenvalue weighted by Crippen LogP contribution is 2.15. The van der Waals surface area contributed by atoms with E-state index in [4.69, 9.17) is 4.74 Å². The summed E-state index contributed by atoms with van der Waals surface area (Å²) in [6, 6.07) is 7.88. The maximum absolute atomic E-state index is 12.7. The van der Waals surface area contributed by atoms with Crippen molar-refractivity contribution in [3.05, 3.63) is 29.8 Å². The SMILES string of the molecule is Cc1cccc(OCCCC(=O)N2CCN(C(C)C(=O)N3CCCCC3)CC2)c1. The minimum absolute atomic E-state index is 0.0897. The lowest BCUT2D eigenvalue weighted by molar-refractivity contribution is -0.139. The summed E-state index contributed by atoms with van der Waals surface area (Å²) in [6.45, 7) is 9.34. The molecule has 0 bridgehead atoms. The van der Waals surface area contributed by atoms with E-state index in [0.29, 0.717) is 26.1 Å². The van der Waals surface area contributed by atoms with Crippen LogP contribution < -0.4 is 4.74 Å². The number of benzene rings is 1. The largest absolute Gasteiger partial charge is 0.494 e. The summed E-state index contributed by atoms with van der Waals surface area (Å²) in [5.74, 6) is 1.30. The Morgan fingerprint density at radius 2 is 1.72 bits per heavy atom. The third kappa shape index (κ3) is 6.20. The van der Waals surface area contributed by atoms with E-state index in [-0.39, 0.29) is 17.9 Å². The molecule has 2 heterocycles. The number of piperazine rings is 1. The van der Waals surface area contributed by atoms with Crippen molar-refractivity contribution in [3.63, 3.8) is 0 Å². The summed E-state index contributed by atoms with van der Waals surface area (Å²) in [5, 5.41) is 0. The standard InChI is InChI=1S/C23H35N3O3/c1-19-8-6-9-21(18-19)29-17-7-10-22(27)25-15-13-24(14-16-25)20(2)23(28)26-11-4-3-5-12-26/h6,8-9,18,20H,3-5,7,10-17H2,1-2H3. The van der Waals surface area contributed by atoms with Crippen LogP contribution in [0.25, 0.3) is 0 Å². The van der Waals surface area contributed by atoms with E-state index in [2.05, 4.69) is 4.90 Å². The van der Waals surface area contributed by atoms with E-state index in [9.17, 15) is 9.59 Å². The molecule has 0 spiro atoms. The average molecular weight is 402 g/mol. The number of rotatable bonds is 7. The van der Waals surface area contributed by atoms with Gasteiger partial charge in [0.15, 0.2) is 0 Å². The third-order valence-electron chi connectivity index (χ3n) is 6.03. The Labute approximate surface area is 174 Å². The monoisotopic (exact) mass is 401 g/mol. The van der Waals surface area contributed by atoms with Gasteiger partial charge in [-0.2, -0.15) is 0 Å². The topological polar surface area (TPSA) is 53.1 Å². The molecule has 1 atom stereocenters. The van der Waals surface area contributed by atoms with Crippen LogP contribution in [0.3, 0.4) is 0 Å². The average Bonchev–Trinajstić information content (AvgIpc) is 2.76. The molecule has 160 valence electrons. The lowest BCUT2D eigenvalue weighted by Gasteiger charge is -2.39. The highest BCUT2D eigenvalue weighted by Gasteiger charge is 2.30. The summed E-state index contributed by atoms with van der Waals surface area (Å²) in [5.41, 5.74) is 1.17. The van der Waals surface area contributed by atoms with Gasteiger partial charge in [-0.3, -0.25) is 14.5 Å². The summed E-state index contributed by atoms with van der Waals surface area (Å²) in [4.78, 5) is 31.4. The number of hydrogen-bond acceptors (Lipinski definition) is 4. The fourth-order valence-corrected chi connectivity index (χ4v) is 4.17. The summed E-state index contributed by atoms with van der Waals surface area (Å²) in [6.07, 6.45) is 4.70. The Balaban J connectivity index is 1.35. The fourth-order valence-electron chi connectivity index (χ4n) is 4.17. The molecule has 0 aliphatic carbocycles. The van der Waals surface area contributed by atoms with Gasteiger partial charge in [0, 0.05) is 45.7 Å². The van der Waals surface area contributed by atoms with E-state index < -0.39 is 0 Å². The second kappa shape index (κ2) is 10.6. The first-order valence-corrected chi connectivity index (χ1v) is 11.0. The van der Waals surface area contributed by atoms with E-state index in [1.54, 1.807) is 0 Å². The van der Waals surface area contributed by atoms with Crippen LogP contribution in [-0.4, -0.2) is 78.4 Å². The smallest absolute Gasteiger partial charge is 0.239 e. The molecule has 1 aromatic rings. The molecule has 2 saturated heterocycles. The van der Waals surface area contributed by atoms with Gasteiger partial charge in [-0.1, -0.05) is 12.1 Å². The van der Waals surface area contributed by atoms with Gasteiger partial charge >= 0.3 is 0 Å². The van der Waals surface area contributed by atoms with Crippen molar-refractivity contribution >= 4 is 11.8 Å². The third-order valence-corrected chi connectivity index (χ3v) is 6.03. The Hall–Kier alpha value is -2.08. The van der Waals surface area contributed by atoms with E-state index >= 15 is 0 Å². The lowest BCUT2D eigenvalue weighted by atomic mass is 10.1. The van der Waals surface area contributed by atoms with Gasteiger partial charge in [-0.05, 0) is 57.2 Å². The molecular weight excluding hydrogens is 366 g/mol. The van der Waals surface area contributed by atoms with E-state index in [1.807, 2.05) is 47.9 Å². The van der Waals surface area contributed by atoms with Crippen LogP contribution in [-0.2, 0) is 9.59 Å². The molecule has 2 fully saturated rings. The van der Waals surface area contributed by atoms with Gasteiger partial charge in [0.2, 0.25) is 11.8 Å². The van der Waals surface area contributed by atoms with Crippen molar-refractivity contribution < 1.29 is 14.3 Å². The minimum atomic E-state index is -0.0897. The number of amides is 2. The zero-order valence-electron chi connectivity index (χ0n) is 17.9. The van der Waals surface area contributed by atoms with Crippen molar-refractivity contribution in [2.75, 3.05) is 45.9 Å². The highest BCUT2D eigenvalue weighted by molar-refractivity contribution is 5.81. The fraction of sp³-hybridized carbons (Fsp3) is 0.652. The van der Waals surface area contributed by atoms with Crippen LogP contribution in [0.15, 0.2) is 24.3 Å². The first-order chi connectivity index (χ1) is 14.0. The second-order valence-electron chi connectivity index (χ2n) is 8.25. The van der Waals surface area contributed by atoms with Gasteiger partial charge in [0.05, 0.1) is 12.6 Å². The minimum Gasteiger partial charge on any atom is -0.494 e. The summed E-state index contributed by atoms with van der Waals surface area (Å²) < 4.78 is 5.74. The normalized spacial score (nSPS) is 19.1. The van der Waals surface area contributed by atoms with Crippen molar-refractivity contribution in [1.82, 2.24) is 14.7 Å². The van der Waals surface area contributed by atoms with Crippen LogP contribution in [0.2, 0.25) is 0 Å². The number of aryl methyl sites for hydroxylation is 1. The molecule has 0 radical (unpaired) electrons. The number of carbonyl (C=O) groups is 2. The van der Waals surface area contributed by atoms with Gasteiger partial charge in [0.25, 0.3) is 0 Å². The maximum atomic E-state index is 12.7. The summed E-state index contributed by atoms with van der Waals surface area (Å²) in [7, 11) is 0. The molecule has 2 aliphatic rings. The van der Waals surface area contributed by atoms with Gasteiger partial charge < -0.3 is 14.5 Å². The number of piperidine rings is 1. The maximum Gasteiger partial charge on any atom is 0.239 e. The van der Waals surface area contributed by atoms with Crippen LogP contribution in [0.1, 0.15) is 44.6 Å². The van der Waals surface area contributed by atoms with Crippen LogP contribution in [0, 0.1) is 6.92 Å². The molecule has 1 unspecified atom stereocenters. The zero-order valence-corrected chi connectivity index (χ0v) is 17.9. The molecular formula is C23H35N3O3. The predicted molar refractivity (Wildman–Crippen MR) is 114 cm³/mol. The molecule has 1 aromatic carbocycles. The molecule has 6 heteroatoms. The molecule has 0 N–H and O–H groups in total. The zero-order chi connectivity index (χ0) is 20.6. The van der Waals surface area contributed by atoms with Crippen LogP contribution >= 0.6 is 0 Å². The number of carbonyl (C=O) groups excluding carboxylic acids is 2. The van der Waals surface area contributed by atoms with E-state index in [0.717, 1.165) is 51.2 Å². The number of likely N-dealkylation sites (tertiary alicyclic amines) is 1. The Kier molecular flexibility index (Phi) is 7.92. The van der Waals surface area contributed by atoms with Crippen molar-refractivity contribution in [3.8, 4) is 5.75 Å². The quantitative estimate of drug-likeness (QED) is 0.659. The Morgan fingerprint density at radius 1 is 1.00 bits per heavy atom. The molecule has 3 rings (SSSR count). The number of ether oxygens (including phenoxy) is 1. The lowest BCUT2D eigenvalue weighted by Crippen LogP contribution is -2.56. The molecule has 2 aliphatic heterocycles. The number of nitrogens with zero attached hydrogens (tertiary/aromatic N) is 3. The Morgan fingerprint density at radius 3 is 2.41 bits per heavy atom. The molecule has 29 heavy (non-hydrogen) atoms. The van der Waals surface area contributed by atoms with Gasteiger partial charge in [-0.25, -0.2) is 0 Å². The first kappa shape index (κ1) is 21.6. The number of hydrogen-bond donors (Lipinski definition) is 0. The summed E-state index contributed by atoms with van der Waals surface area (Å²) >= 11 is 0. The first-order valence-electron chi connectivity index (χ1n) is 11.0. The van der Waals surface area contributed by atoms with Gasteiger partial charge in [-0.15, -0.1) is 0 Å². The second-order valence-corrected chi connectivity index (χ2v) is 8.25. The molecule has 6 nitrogen and oxygen atoms in total. The van der Waals surface area contributed by atoms with E-state index in [1.165, 1.54) is 12.0 Å².